The largest absolute Gasteiger partial charge is 0.494 e. The van der Waals surface area contributed by atoms with Crippen molar-refractivity contribution in [3.8, 4) is 23.7 Å². The summed E-state index contributed by atoms with van der Waals surface area (Å²) in [6, 6.07) is 8.06. The molecule has 0 aliphatic carbocycles. The van der Waals surface area contributed by atoms with E-state index in [-0.39, 0.29) is 36.7 Å². The second-order valence-electron chi connectivity index (χ2n) is 7.14. The van der Waals surface area contributed by atoms with Gasteiger partial charge in [-0.3, -0.25) is 0 Å². The first-order chi connectivity index (χ1) is 17.5. The summed E-state index contributed by atoms with van der Waals surface area (Å²) in [5.41, 5.74) is 3.53. The number of methoxy groups -OCH3 is 1. The van der Waals surface area contributed by atoms with E-state index in [2.05, 4.69) is 32.2 Å². The number of nitrogens with one attached hydrogen (secondary N) is 1. The third kappa shape index (κ3) is 9.38. The lowest BCUT2D eigenvalue weighted by Crippen LogP contribution is -2.30. The monoisotopic (exact) mass is 504 g/mol. The number of benzene rings is 1. The number of anilines is 1. The van der Waals surface area contributed by atoms with Crippen LogP contribution in [0.3, 0.4) is 0 Å². The van der Waals surface area contributed by atoms with Gasteiger partial charge in [-0.25, -0.2) is 14.3 Å². The zero-order chi connectivity index (χ0) is 26.2. The summed E-state index contributed by atoms with van der Waals surface area (Å²) in [4.78, 5) is 15.2. The maximum Gasteiger partial charge on any atom is 0.200 e. The van der Waals surface area contributed by atoms with E-state index in [9.17, 15) is 8.78 Å². The van der Waals surface area contributed by atoms with Gasteiger partial charge in [0.05, 0.1) is 32.1 Å². The number of ether oxygens (including phenoxy) is 3. The van der Waals surface area contributed by atoms with Gasteiger partial charge < -0.3 is 19.1 Å². The van der Waals surface area contributed by atoms with Gasteiger partial charge in [-0.15, -0.1) is 4.99 Å². The number of nitriles is 1. The first kappa shape index (κ1) is 28.9. The van der Waals surface area contributed by atoms with Crippen LogP contribution in [0.15, 0.2) is 30.5 Å². The number of halogens is 2. The Hall–Kier alpha value is -3.32. The van der Waals surface area contributed by atoms with Gasteiger partial charge in [-0.05, 0) is 32.0 Å². The van der Waals surface area contributed by atoms with Gasteiger partial charge in [-0.2, -0.15) is 15.1 Å². The normalized spacial score (nSPS) is 11.3. The standard InChI is InChI=1S/C25H30F2N4O5/c1-4-33-23(34-15-7-6-13-30-36-35-5-2)12-14-31(21-10-9-20(16-28)29-17-21)18-19-8-11-22(32-3)25(27)24(19)26/h8-11,17,23,30H,4-5,12-15,18H2,1-3H3. The predicted molar refractivity (Wildman–Crippen MR) is 127 cm³/mol. The summed E-state index contributed by atoms with van der Waals surface area (Å²) in [7, 11) is 1.27. The molecule has 11 heteroatoms. The van der Waals surface area contributed by atoms with Crippen LogP contribution in [0.1, 0.15) is 31.5 Å². The molecule has 2 rings (SSSR count). The molecule has 0 radical (unpaired) electrons. The maximum atomic E-state index is 14.7. The molecule has 1 N–H and O–H groups in total. The van der Waals surface area contributed by atoms with Crippen molar-refractivity contribution in [1.29, 1.82) is 5.26 Å². The van der Waals surface area contributed by atoms with Crippen LogP contribution in [0.25, 0.3) is 0 Å². The Labute approximate surface area is 209 Å². The molecule has 194 valence electrons. The molecule has 1 heterocycles. The van der Waals surface area contributed by atoms with E-state index in [0.29, 0.717) is 31.9 Å². The van der Waals surface area contributed by atoms with Crippen molar-refractivity contribution in [2.24, 2.45) is 0 Å². The maximum absolute atomic E-state index is 14.7. The molecule has 0 spiro atoms. The molecule has 0 fully saturated rings. The predicted octanol–water partition coefficient (Wildman–Crippen LogP) is 3.49. The molecule has 1 atom stereocenters. The second kappa shape index (κ2) is 16.4. The minimum absolute atomic E-state index is 0.0461. The summed E-state index contributed by atoms with van der Waals surface area (Å²) in [6.45, 7) is 5.25. The summed E-state index contributed by atoms with van der Waals surface area (Å²) in [5.74, 6) is 3.44. The fraction of sp³-hybridized carbons (Fsp3) is 0.440. The molecule has 0 saturated heterocycles. The van der Waals surface area contributed by atoms with Gasteiger partial charge >= 0.3 is 0 Å². The quantitative estimate of drug-likeness (QED) is 0.128. The van der Waals surface area contributed by atoms with Gasteiger partial charge in [0.2, 0.25) is 5.82 Å². The molecular formula is C25H30F2N4O5. The first-order valence-electron chi connectivity index (χ1n) is 11.4. The Morgan fingerprint density at radius 2 is 1.92 bits per heavy atom. The molecule has 0 amide bonds. The molecule has 1 aromatic carbocycles. The number of hydroxylamine groups is 1. The highest BCUT2D eigenvalue weighted by Crippen LogP contribution is 2.25. The van der Waals surface area contributed by atoms with Crippen molar-refractivity contribution in [1.82, 2.24) is 10.5 Å². The molecular weight excluding hydrogens is 474 g/mol. The first-order valence-corrected chi connectivity index (χ1v) is 11.4. The number of pyridine rings is 1. The highest BCUT2D eigenvalue weighted by Gasteiger charge is 2.19. The van der Waals surface area contributed by atoms with Gasteiger partial charge in [0.15, 0.2) is 17.9 Å². The van der Waals surface area contributed by atoms with E-state index in [1.54, 1.807) is 24.0 Å². The van der Waals surface area contributed by atoms with Gasteiger partial charge in [0.1, 0.15) is 18.4 Å². The van der Waals surface area contributed by atoms with E-state index in [0.717, 1.165) is 0 Å². The fourth-order valence-corrected chi connectivity index (χ4v) is 3.07. The lowest BCUT2D eigenvalue weighted by atomic mass is 10.1. The van der Waals surface area contributed by atoms with Crippen LogP contribution in [-0.2, 0) is 25.9 Å². The number of hydrogen-bond acceptors (Lipinski definition) is 9. The summed E-state index contributed by atoms with van der Waals surface area (Å²) in [6.07, 6.45) is 1.33. The molecule has 9 nitrogen and oxygen atoms in total. The highest BCUT2D eigenvalue weighted by atomic mass is 19.2. The Morgan fingerprint density at radius 1 is 1.08 bits per heavy atom. The number of aromatic nitrogens is 1. The molecule has 0 aliphatic heterocycles. The van der Waals surface area contributed by atoms with Crippen molar-refractivity contribution in [3.05, 3.63) is 53.4 Å². The molecule has 0 saturated carbocycles. The van der Waals surface area contributed by atoms with Crippen molar-refractivity contribution in [2.75, 3.05) is 44.9 Å². The summed E-state index contributed by atoms with van der Waals surface area (Å²) in [5, 5.41) is 9.04. The zero-order valence-corrected chi connectivity index (χ0v) is 20.6. The van der Waals surface area contributed by atoms with Crippen LogP contribution >= 0.6 is 0 Å². The van der Waals surface area contributed by atoms with E-state index in [1.165, 1.54) is 25.4 Å². The molecule has 0 bridgehead atoms. The molecule has 0 aliphatic rings. The fourth-order valence-electron chi connectivity index (χ4n) is 3.07. The van der Waals surface area contributed by atoms with Crippen LogP contribution in [0.5, 0.6) is 5.75 Å². The highest BCUT2D eigenvalue weighted by molar-refractivity contribution is 5.47. The zero-order valence-electron chi connectivity index (χ0n) is 20.6. The third-order valence-electron chi connectivity index (χ3n) is 4.79. The lowest BCUT2D eigenvalue weighted by Gasteiger charge is -2.27. The average molecular weight is 505 g/mol. The van der Waals surface area contributed by atoms with E-state index in [1.807, 2.05) is 13.0 Å². The Bertz CT molecular complexity index is 1040. The smallest absolute Gasteiger partial charge is 0.200 e. The van der Waals surface area contributed by atoms with Crippen molar-refractivity contribution < 1.29 is 32.9 Å². The minimum atomic E-state index is -1.05. The van der Waals surface area contributed by atoms with Gasteiger partial charge in [0.25, 0.3) is 0 Å². The second-order valence-corrected chi connectivity index (χ2v) is 7.14. The van der Waals surface area contributed by atoms with Crippen LogP contribution in [0.4, 0.5) is 14.5 Å². The molecule has 1 unspecified atom stereocenters. The van der Waals surface area contributed by atoms with E-state index < -0.39 is 17.9 Å². The van der Waals surface area contributed by atoms with Gasteiger partial charge in [0, 0.05) is 31.7 Å². The SMILES string of the molecule is CCOONCC#CCOC(CCN(Cc1ccc(OC)c(F)c1F)c1ccc(C#N)nc1)OCC. The summed E-state index contributed by atoms with van der Waals surface area (Å²) < 4.78 is 45.2. The van der Waals surface area contributed by atoms with E-state index >= 15 is 0 Å². The van der Waals surface area contributed by atoms with Gasteiger partial charge in [-0.1, -0.05) is 17.9 Å². The van der Waals surface area contributed by atoms with Crippen molar-refractivity contribution in [2.45, 2.75) is 33.1 Å². The Kier molecular flexibility index (Phi) is 13.1. The Balaban J connectivity index is 2.08. The number of hydrogen-bond donors (Lipinski definition) is 1. The molecule has 36 heavy (non-hydrogen) atoms. The van der Waals surface area contributed by atoms with Crippen molar-refractivity contribution in [3.63, 3.8) is 0 Å². The van der Waals surface area contributed by atoms with E-state index in [4.69, 9.17) is 19.5 Å². The minimum Gasteiger partial charge on any atom is -0.494 e. The Morgan fingerprint density at radius 3 is 2.58 bits per heavy atom. The topological polar surface area (TPSA) is 98.1 Å². The average Bonchev–Trinajstić information content (AvgIpc) is 2.90. The number of rotatable bonds is 15. The molecule has 1 aromatic heterocycles. The molecule has 2 aromatic rings. The number of nitrogens with zero attached hydrogens (tertiary/aromatic N) is 3. The van der Waals surface area contributed by atoms with Crippen LogP contribution in [0.2, 0.25) is 0 Å². The van der Waals surface area contributed by atoms with Crippen molar-refractivity contribution >= 4 is 5.69 Å². The van der Waals surface area contributed by atoms with Crippen LogP contribution < -0.4 is 15.1 Å². The van der Waals surface area contributed by atoms with Crippen LogP contribution in [0, 0.1) is 34.8 Å². The van der Waals surface area contributed by atoms with Crippen LogP contribution in [-0.4, -0.2) is 51.3 Å². The third-order valence-corrected chi connectivity index (χ3v) is 4.79. The summed E-state index contributed by atoms with van der Waals surface area (Å²) >= 11 is 0. The lowest BCUT2D eigenvalue weighted by molar-refractivity contribution is -0.331.